The molecule has 0 spiro atoms. The summed E-state index contributed by atoms with van der Waals surface area (Å²) in [6.07, 6.45) is 3.96. The van der Waals surface area contributed by atoms with Crippen molar-refractivity contribution in [3.8, 4) is 11.6 Å². The summed E-state index contributed by atoms with van der Waals surface area (Å²) in [5.74, 6) is 0.827. The van der Waals surface area contributed by atoms with Crippen molar-refractivity contribution in [1.29, 1.82) is 0 Å². The van der Waals surface area contributed by atoms with E-state index in [1.807, 2.05) is 24.3 Å². The van der Waals surface area contributed by atoms with Gasteiger partial charge in [0.2, 0.25) is 5.88 Å². The van der Waals surface area contributed by atoms with Gasteiger partial charge >= 0.3 is 0 Å². The largest absolute Gasteiger partial charge is 0.475 e. The fraction of sp³-hybridized carbons (Fsp3) is 0.240. The van der Waals surface area contributed by atoms with Gasteiger partial charge in [0.25, 0.3) is 5.56 Å². The number of benzene rings is 2. The van der Waals surface area contributed by atoms with Gasteiger partial charge in [-0.05, 0) is 62.2 Å². The molecular weight excluding hydrogens is 441 g/mol. The molecule has 4 rings (SSSR count). The van der Waals surface area contributed by atoms with Crippen molar-refractivity contribution in [3.05, 3.63) is 88.7 Å². The molecule has 0 atom stereocenters. The maximum atomic E-state index is 13.0. The highest BCUT2D eigenvalue weighted by atomic mass is 32.2. The molecule has 2 heterocycles. The van der Waals surface area contributed by atoms with E-state index in [0.717, 1.165) is 16.5 Å². The normalized spacial score (nSPS) is 11.6. The topological polar surface area (TPSA) is 77.2 Å². The van der Waals surface area contributed by atoms with Gasteiger partial charge in [-0.15, -0.1) is 11.8 Å². The molecule has 6 nitrogen and oxygen atoms in total. The quantitative estimate of drug-likeness (QED) is 0.389. The van der Waals surface area contributed by atoms with Gasteiger partial charge in [-0.25, -0.2) is 14.4 Å². The monoisotopic (exact) mass is 465 g/mol. The molecule has 8 heteroatoms. The lowest BCUT2D eigenvalue weighted by atomic mass is 10.2. The minimum Gasteiger partial charge on any atom is -0.475 e. The van der Waals surface area contributed by atoms with E-state index in [2.05, 4.69) is 9.97 Å². The van der Waals surface area contributed by atoms with E-state index in [1.54, 1.807) is 49.0 Å². The fourth-order valence-corrected chi connectivity index (χ4v) is 4.08. The second-order valence-electron chi connectivity index (χ2n) is 8.26. The Labute approximate surface area is 195 Å². The number of aliphatic hydroxyl groups is 1. The van der Waals surface area contributed by atoms with Gasteiger partial charge in [-0.2, -0.15) is 0 Å². The number of ether oxygens (including phenoxy) is 1. The Morgan fingerprint density at radius 3 is 2.67 bits per heavy atom. The predicted octanol–water partition coefficient (Wildman–Crippen LogP) is 4.40. The lowest BCUT2D eigenvalue weighted by Crippen LogP contribution is -2.28. The molecular formula is C25H24FN3O3S. The van der Waals surface area contributed by atoms with Gasteiger partial charge in [-0.3, -0.25) is 9.36 Å². The molecule has 0 bridgehead atoms. The summed E-state index contributed by atoms with van der Waals surface area (Å²) in [7, 11) is 0. The summed E-state index contributed by atoms with van der Waals surface area (Å²) in [4.78, 5) is 21.7. The lowest BCUT2D eigenvalue weighted by Gasteiger charge is -2.17. The molecule has 0 aliphatic rings. The van der Waals surface area contributed by atoms with Gasteiger partial charge in [0.1, 0.15) is 12.4 Å². The predicted molar refractivity (Wildman–Crippen MR) is 128 cm³/mol. The molecule has 170 valence electrons. The third kappa shape index (κ3) is 5.97. The lowest BCUT2D eigenvalue weighted by molar-refractivity contribution is 0.0269. The van der Waals surface area contributed by atoms with Gasteiger partial charge in [0.05, 0.1) is 11.1 Å². The number of fused-ring (bicyclic) bond motifs is 1. The highest BCUT2D eigenvalue weighted by molar-refractivity contribution is 7.99. The Bertz CT molecular complexity index is 1320. The SMILES string of the molecule is CC(C)(O)COc1ccc2cc(-n3ccnc(SCCc4ccc(F)cc4)c3=O)ccc2n1. The molecule has 4 aromatic rings. The maximum Gasteiger partial charge on any atom is 0.287 e. The van der Waals surface area contributed by atoms with Crippen LogP contribution in [0.2, 0.25) is 0 Å². The summed E-state index contributed by atoms with van der Waals surface area (Å²) in [5.41, 5.74) is 1.30. The first kappa shape index (κ1) is 22.9. The van der Waals surface area contributed by atoms with Crippen LogP contribution in [0.25, 0.3) is 16.6 Å². The molecule has 0 unspecified atom stereocenters. The number of hydrogen-bond acceptors (Lipinski definition) is 6. The molecule has 0 aliphatic heterocycles. The standard InChI is InChI=1S/C25H24FN3O3S/c1-25(2,31)16-32-22-10-5-18-15-20(8-9-21(18)28-22)29-13-12-27-23(24(29)30)33-14-11-17-3-6-19(26)7-4-17/h3-10,12-13,15,31H,11,14,16H2,1-2H3. The van der Waals surface area contributed by atoms with E-state index in [4.69, 9.17) is 4.74 Å². The second-order valence-corrected chi connectivity index (χ2v) is 9.34. The van der Waals surface area contributed by atoms with Crippen molar-refractivity contribution in [3.63, 3.8) is 0 Å². The first-order valence-corrected chi connectivity index (χ1v) is 11.5. The number of aromatic nitrogens is 3. The zero-order valence-corrected chi connectivity index (χ0v) is 19.2. The van der Waals surface area contributed by atoms with Crippen LogP contribution in [0, 0.1) is 5.82 Å². The fourth-order valence-electron chi connectivity index (χ4n) is 3.19. The Hall–Kier alpha value is -3.23. The minimum atomic E-state index is -0.947. The molecule has 0 saturated heterocycles. The average Bonchev–Trinajstić information content (AvgIpc) is 2.79. The zero-order valence-electron chi connectivity index (χ0n) is 18.4. The minimum absolute atomic E-state index is 0.137. The summed E-state index contributed by atoms with van der Waals surface area (Å²) >= 11 is 1.38. The molecule has 2 aromatic carbocycles. The van der Waals surface area contributed by atoms with Crippen molar-refractivity contribution in [1.82, 2.24) is 14.5 Å². The smallest absolute Gasteiger partial charge is 0.287 e. The Morgan fingerprint density at radius 1 is 1.12 bits per heavy atom. The highest BCUT2D eigenvalue weighted by Gasteiger charge is 2.14. The Morgan fingerprint density at radius 2 is 1.91 bits per heavy atom. The maximum absolute atomic E-state index is 13.0. The Balaban J connectivity index is 1.50. The van der Waals surface area contributed by atoms with Crippen LogP contribution in [0.15, 0.2) is 76.8 Å². The molecule has 33 heavy (non-hydrogen) atoms. The van der Waals surface area contributed by atoms with Crippen molar-refractivity contribution in [2.24, 2.45) is 0 Å². The zero-order chi connectivity index (χ0) is 23.4. The number of thioether (sulfide) groups is 1. The number of pyridine rings is 1. The van der Waals surface area contributed by atoms with Crippen molar-refractivity contribution in [2.45, 2.75) is 30.9 Å². The first-order chi connectivity index (χ1) is 15.8. The van der Waals surface area contributed by atoms with E-state index in [-0.39, 0.29) is 18.0 Å². The van der Waals surface area contributed by atoms with Crippen LogP contribution in [0.1, 0.15) is 19.4 Å². The van der Waals surface area contributed by atoms with Gasteiger partial charge in [0, 0.05) is 35.3 Å². The van der Waals surface area contributed by atoms with Crippen LogP contribution in [-0.2, 0) is 6.42 Å². The van der Waals surface area contributed by atoms with E-state index in [9.17, 15) is 14.3 Å². The van der Waals surface area contributed by atoms with Crippen LogP contribution in [-0.4, -0.2) is 37.6 Å². The van der Waals surface area contributed by atoms with Crippen LogP contribution in [0.4, 0.5) is 4.39 Å². The number of halogens is 1. The summed E-state index contributed by atoms with van der Waals surface area (Å²) in [5, 5.41) is 11.1. The van der Waals surface area contributed by atoms with Crippen LogP contribution < -0.4 is 10.3 Å². The molecule has 2 aromatic heterocycles. The third-order valence-corrected chi connectivity index (χ3v) is 5.81. The second kappa shape index (κ2) is 9.72. The average molecular weight is 466 g/mol. The number of rotatable bonds is 8. The molecule has 0 saturated carbocycles. The molecule has 0 amide bonds. The number of nitrogens with zero attached hydrogens (tertiary/aromatic N) is 3. The van der Waals surface area contributed by atoms with Crippen molar-refractivity contribution >= 4 is 22.7 Å². The van der Waals surface area contributed by atoms with E-state index in [1.165, 1.54) is 23.9 Å². The number of hydrogen-bond donors (Lipinski definition) is 1. The van der Waals surface area contributed by atoms with E-state index < -0.39 is 5.60 Å². The molecule has 1 N–H and O–H groups in total. The summed E-state index contributed by atoms with van der Waals surface area (Å²) in [6.45, 7) is 3.47. The van der Waals surface area contributed by atoms with Gasteiger partial charge < -0.3 is 9.84 Å². The molecule has 0 fully saturated rings. The van der Waals surface area contributed by atoms with Gasteiger partial charge in [0.15, 0.2) is 5.03 Å². The van der Waals surface area contributed by atoms with Crippen LogP contribution in [0.3, 0.4) is 0 Å². The van der Waals surface area contributed by atoms with Crippen molar-refractivity contribution < 1.29 is 14.2 Å². The first-order valence-electron chi connectivity index (χ1n) is 10.5. The van der Waals surface area contributed by atoms with Crippen LogP contribution >= 0.6 is 11.8 Å². The molecule has 0 aliphatic carbocycles. The summed E-state index contributed by atoms with van der Waals surface area (Å²) in [6, 6.07) is 15.5. The van der Waals surface area contributed by atoms with Gasteiger partial charge in [-0.1, -0.05) is 12.1 Å². The third-order valence-electron chi connectivity index (χ3n) is 4.85. The number of aryl methyl sites for hydroxylation is 1. The Kier molecular flexibility index (Phi) is 6.76. The molecule has 0 radical (unpaired) electrons. The van der Waals surface area contributed by atoms with Crippen molar-refractivity contribution in [2.75, 3.05) is 12.4 Å². The summed E-state index contributed by atoms with van der Waals surface area (Å²) < 4.78 is 20.2. The van der Waals surface area contributed by atoms with Crippen LogP contribution in [0.5, 0.6) is 5.88 Å². The van der Waals surface area contributed by atoms with E-state index in [0.29, 0.717) is 28.8 Å². The highest BCUT2D eigenvalue weighted by Crippen LogP contribution is 2.21. The van der Waals surface area contributed by atoms with E-state index >= 15 is 0 Å².